The third-order valence-electron chi connectivity index (χ3n) is 3.32. The van der Waals surface area contributed by atoms with Crippen molar-refractivity contribution in [2.24, 2.45) is 0 Å². The lowest BCUT2D eigenvalue weighted by molar-refractivity contribution is -0.384. The zero-order valence-electron chi connectivity index (χ0n) is 12.1. The Morgan fingerprint density at radius 3 is 2.65 bits per heavy atom. The van der Waals surface area contributed by atoms with Gasteiger partial charge in [0.2, 0.25) is 0 Å². The molecule has 2 N–H and O–H groups in total. The van der Waals surface area contributed by atoms with E-state index in [1.54, 1.807) is 31.4 Å². The largest absolute Gasteiger partial charge is 0.497 e. The summed E-state index contributed by atoms with van der Waals surface area (Å²) in [5, 5.41) is 20.6. The maximum absolute atomic E-state index is 12.3. The number of ether oxygens (including phenoxy) is 1. The molecule has 0 unspecified atom stereocenters. The summed E-state index contributed by atoms with van der Waals surface area (Å²) in [5.74, 6) is 0.214. The molecule has 116 valence electrons. The van der Waals surface area contributed by atoms with E-state index >= 15 is 0 Å². The summed E-state index contributed by atoms with van der Waals surface area (Å²) in [6.45, 7) is 0. The van der Waals surface area contributed by atoms with E-state index in [2.05, 4.69) is 15.5 Å². The van der Waals surface area contributed by atoms with Crippen LogP contribution in [0.1, 0.15) is 10.5 Å². The fourth-order valence-corrected chi connectivity index (χ4v) is 2.15. The van der Waals surface area contributed by atoms with Crippen LogP contribution < -0.4 is 10.1 Å². The number of methoxy groups -OCH3 is 1. The number of aromatic amines is 1. The zero-order chi connectivity index (χ0) is 16.4. The summed E-state index contributed by atoms with van der Waals surface area (Å²) in [5.41, 5.74) is 1.12. The van der Waals surface area contributed by atoms with Crippen molar-refractivity contribution in [1.82, 2.24) is 10.2 Å². The van der Waals surface area contributed by atoms with Gasteiger partial charge in [-0.25, -0.2) is 0 Å². The first-order chi connectivity index (χ1) is 11.1. The molecule has 0 aliphatic carbocycles. The lowest BCUT2D eigenvalue weighted by Crippen LogP contribution is -2.12. The number of aromatic nitrogens is 2. The molecule has 1 heterocycles. The van der Waals surface area contributed by atoms with Crippen molar-refractivity contribution < 1.29 is 14.5 Å². The molecule has 3 rings (SSSR count). The van der Waals surface area contributed by atoms with Crippen LogP contribution in [0.3, 0.4) is 0 Å². The van der Waals surface area contributed by atoms with Gasteiger partial charge in [0.05, 0.1) is 17.5 Å². The summed E-state index contributed by atoms with van der Waals surface area (Å²) in [6.07, 6.45) is 0. The maximum atomic E-state index is 12.3. The van der Waals surface area contributed by atoms with Gasteiger partial charge in [-0.3, -0.25) is 20.0 Å². The summed E-state index contributed by atoms with van der Waals surface area (Å²) < 4.78 is 5.05. The number of benzene rings is 2. The van der Waals surface area contributed by atoms with E-state index < -0.39 is 10.8 Å². The van der Waals surface area contributed by atoms with Crippen LogP contribution in [-0.4, -0.2) is 28.1 Å². The van der Waals surface area contributed by atoms with Crippen molar-refractivity contribution >= 4 is 28.2 Å². The monoisotopic (exact) mass is 312 g/mol. The number of amides is 1. The number of fused-ring (bicyclic) bond motifs is 1. The Bertz CT molecular complexity index is 886. The van der Waals surface area contributed by atoms with Crippen LogP contribution in [-0.2, 0) is 0 Å². The van der Waals surface area contributed by atoms with Gasteiger partial charge in [-0.1, -0.05) is 0 Å². The number of rotatable bonds is 4. The van der Waals surface area contributed by atoms with Crippen LogP contribution in [0.25, 0.3) is 10.9 Å². The molecule has 0 saturated carbocycles. The molecule has 0 saturated heterocycles. The van der Waals surface area contributed by atoms with Gasteiger partial charge in [-0.15, -0.1) is 0 Å². The van der Waals surface area contributed by atoms with E-state index in [4.69, 9.17) is 4.74 Å². The average Bonchev–Trinajstić information content (AvgIpc) is 2.98. The number of H-pyrrole nitrogens is 1. The number of nitrogens with one attached hydrogen (secondary N) is 2. The average molecular weight is 312 g/mol. The second-order valence-corrected chi connectivity index (χ2v) is 4.74. The van der Waals surface area contributed by atoms with Crippen molar-refractivity contribution in [2.45, 2.75) is 0 Å². The Morgan fingerprint density at radius 2 is 2.00 bits per heavy atom. The lowest BCUT2D eigenvalue weighted by Gasteiger charge is -2.05. The van der Waals surface area contributed by atoms with Crippen molar-refractivity contribution in [3.8, 4) is 5.75 Å². The summed E-state index contributed by atoms with van der Waals surface area (Å²) in [6, 6.07) is 11.0. The van der Waals surface area contributed by atoms with Gasteiger partial charge in [0.25, 0.3) is 11.6 Å². The first kappa shape index (κ1) is 14.5. The molecule has 0 aliphatic rings. The normalized spacial score (nSPS) is 10.5. The predicted octanol–water partition coefficient (Wildman–Crippen LogP) is 2.73. The number of anilines is 1. The minimum Gasteiger partial charge on any atom is -0.497 e. The quantitative estimate of drug-likeness (QED) is 0.568. The topological polar surface area (TPSA) is 110 Å². The second-order valence-electron chi connectivity index (χ2n) is 4.74. The summed E-state index contributed by atoms with van der Waals surface area (Å²) >= 11 is 0. The highest BCUT2D eigenvalue weighted by molar-refractivity contribution is 6.11. The first-order valence-corrected chi connectivity index (χ1v) is 6.66. The van der Waals surface area contributed by atoms with Crippen LogP contribution in [0.4, 0.5) is 11.4 Å². The van der Waals surface area contributed by atoms with Gasteiger partial charge in [0, 0.05) is 23.2 Å². The zero-order valence-corrected chi connectivity index (χ0v) is 12.1. The van der Waals surface area contributed by atoms with Crippen molar-refractivity contribution in [3.05, 3.63) is 58.3 Å². The Hall–Kier alpha value is -3.42. The molecule has 0 atom stereocenters. The summed E-state index contributed by atoms with van der Waals surface area (Å²) in [4.78, 5) is 22.7. The summed E-state index contributed by atoms with van der Waals surface area (Å²) in [7, 11) is 1.55. The molecule has 8 heteroatoms. The highest BCUT2D eigenvalue weighted by atomic mass is 16.6. The van der Waals surface area contributed by atoms with E-state index in [-0.39, 0.29) is 11.4 Å². The van der Waals surface area contributed by atoms with E-state index in [1.807, 2.05) is 0 Å². The molecule has 0 bridgehead atoms. The van der Waals surface area contributed by atoms with E-state index in [0.29, 0.717) is 22.3 Å². The smallest absolute Gasteiger partial charge is 0.276 e. The van der Waals surface area contributed by atoms with E-state index in [9.17, 15) is 14.9 Å². The molecular formula is C15H12N4O4. The van der Waals surface area contributed by atoms with Gasteiger partial charge in [0.15, 0.2) is 5.69 Å². The molecular weight excluding hydrogens is 300 g/mol. The number of nitro groups is 1. The molecule has 1 amide bonds. The first-order valence-electron chi connectivity index (χ1n) is 6.66. The molecule has 23 heavy (non-hydrogen) atoms. The Morgan fingerprint density at radius 1 is 1.26 bits per heavy atom. The fraction of sp³-hybridized carbons (Fsp3) is 0.0667. The number of hydrogen-bond donors (Lipinski definition) is 2. The standard InChI is InChI=1S/C15H12N4O4/c1-23-11-5-2-9(3-6-11)16-15(20)14-12-8-10(19(21)22)4-7-13(12)17-18-14/h2-8H,1H3,(H,16,20)(H,17,18). The van der Waals surface area contributed by atoms with Crippen molar-refractivity contribution in [1.29, 1.82) is 0 Å². The Balaban J connectivity index is 1.90. The minimum absolute atomic E-state index is 0.0968. The van der Waals surface area contributed by atoms with Crippen molar-refractivity contribution in [2.75, 3.05) is 12.4 Å². The Labute approximate surface area is 130 Å². The number of non-ortho nitro benzene ring substituents is 1. The fourth-order valence-electron chi connectivity index (χ4n) is 2.15. The number of nitrogens with zero attached hydrogens (tertiary/aromatic N) is 2. The predicted molar refractivity (Wildman–Crippen MR) is 83.7 cm³/mol. The SMILES string of the molecule is COc1ccc(NC(=O)c2n[nH]c3ccc([N+](=O)[O-])cc23)cc1. The van der Waals surface area contributed by atoms with Crippen LogP contribution in [0.15, 0.2) is 42.5 Å². The number of hydrogen-bond acceptors (Lipinski definition) is 5. The van der Waals surface area contributed by atoms with Crippen LogP contribution >= 0.6 is 0 Å². The maximum Gasteiger partial charge on any atom is 0.276 e. The van der Waals surface area contributed by atoms with Gasteiger partial charge in [-0.2, -0.15) is 5.10 Å². The Kier molecular flexibility index (Phi) is 3.63. The van der Waals surface area contributed by atoms with Gasteiger partial charge >= 0.3 is 0 Å². The molecule has 0 fully saturated rings. The van der Waals surface area contributed by atoms with Gasteiger partial charge in [0.1, 0.15) is 5.75 Å². The molecule has 8 nitrogen and oxygen atoms in total. The molecule has 0 spiro atoms. The number of carbonyl (C=O) groups is 1. The minimum atomic E-state index is -0.516. The highest BCUT2D eigenvalue weighted by Crippen LogP contribution is 2.23. The number of carbonyl (C=O) groups excluding carboxylic acids is 1. The van der Waals surface area contributed by atoms with Crippen LogP contribution in [0.5, 0.6) is 5.75 Å². The second kappa shape index (κ2) is 5.76. The highest BCUT2D eigenvalue weighted by Gasteiger charge is 2.17. The van der Waals surface area contributed by atoms with E-state index in [1.165, 1.54) is 18.2 Å². The van der Waals surface area contributed by atoms with Crippen molar-refractivity contribution in [3.63, 3.8) is 0 Å². The van der Waals surface area contributed by atoms with Gasteiger partial charge < -0.3 is 10.1 Å². The van der Waals surface area contributed by atoms with Crippen LogP contribution in [0.2, 0.25) is 0 Å². The molecule has 1 aromatic heterocycles. The third-order valence-corrected chi connectivity index (χ3v) is 3.32. The van der Waals surface area contributed by atoms with E-state index in [0.717, 1.165) is 0 Å². The molecule has 0 radical (unpaired) electrons. The lowest BCUT2D eigenvalue weighted by atomic mass is 10.2. The molecule has 0 aliphatic heterocycles. The van der Waals surface area contributed by atoms with Gasteiger partial charge in [-0.05, 0) is 30.3 Å². The molecule has 2 aromatic carbocycles. The third kappa shape index (κ3) is 2.82. The molecule has 3 aromatic rings. The number of nitro benzene ring substituents is 1. The van der Waals surface area contributed by atoms with Crippen LogP contribution in [0, 0.1) is 10.1 Å².